The smallest absolute Gasteiger partial charge is 0.0512 e. The Morgan fingerprint density at radius 3 is 2.58 bits per heavy atom. The van der Waals surface area contributed by atoms with Gasteiger partial charge in [-0.3, -0.25) is 0 Å². The van der Waals surface area contributed by atoms with Gasteiger partial charge in [-0.1, -0.05) is 22.9 Å². The van der Waals surface area contributed by atoms with Crippen LogP contribution in [0.3, 0.4) is 0 Å². The van der Waals surface area contributed by atoms with Crippen molar-refractivity contribution in [1.29, 1.82) is 0 Å². The number of aryl methyl sites for hydroxylation is 1. The molecule has 0 aliphatic carbocycles. The number of hydrogen-bond donors (Lipinski definition) is 1. The number of halogens is 1. The Bertz CT molecular complexity index is 507. The van der Waals surface area contributed by atoms with Crippen LogP contribution < -0.4 is 5.32 Å². The molecular weight excluding hydrogens is 338 g/mol. The third kappa shape index (κ3) is 4.35. The van der Waals surface area contributed by atoms with Crippen molar-refractivity contribution in [2.24, 2.45) is 0 Å². The second-order valence-electron chi connectivity index (χ2n) is 4.34. The molecule has 1 aromatic heterocycles. The number of thiophene rings is 1. The summed E-state index contributed by atoms with van der Waals surface area (Å²) in [5, 5.41) is 5.77. The van der Waals surface area contributed by atoms with E-state index in [1.807, 2.05) is 23.1 Å². The molecule has 1 unspecified atom stereocenters. The van der Waals surface area contributed by atoms with Gasteiger partial charge in [-0.05, 0) is 54.7 Å². The molecule has 1 atom stereocenters. The Morgan fingerprint density at radius 1 is 1.26 bits per heavy atom. The first-order valence-corrected chi connectivity index (χ1v) is 9.02. The van der Waals surface area contributed by atoms with Gasteiger partial charge in [0.2, 0.25) is 0 Å². The highest BCUT2D eigenvalue weighted by atomic mass is 79.9. The van der Waals surface area contributed by atoms with Crippen LogP contribution in [0.4, 0.5) is 0 Å². The zero-order chi connectivity index (χ0) is 13.7. The van der Waals surface area contributed by atoms with Crippen LogP contribution in [0.5, 0.6) is 0 Å². The molecule has 0 amide bonds. The third-order valence-corrected chi connectivity index (χ3v) is 5.67. The molecule has 0 saturated carbocycles. The summed E-state index contributed by atoms with van der Waals surface area (Å²) in [4.78, 5) is 2.78. The highest BCUT2D eigenvalue weighted by Gasteiger charge is 2.14. The fourth-order valence-corrected chi connectivity index (χ4v) is 4.27. The number of nitrogens with one attached hydrogen (secondary N) is 1. The summed E-state index contributed by atoms with van der Waals surface area (Å²) in [7, 11) is 0. The summed E-state index contributed by atoms with van der Waals surface area (Å²) in [5.74, 6) is 1.07. The molecule has 19 heavy (non-hydrogen) atoms. The summed E-state index contributed by atoms with van der Waals surface area (Å²) < 4.78 is 1.13. The minimum absolute atomic E-state index is 0.443. The second kappa shape index (κ2) is 7.48. The molecule has 102 valence electrons. The van der Waals surface area contributed by atoms with Crippen molar-refractivity contribution in [2.45, 2.75) is 24.8 Å². The average molecular weight is 356 g/mol. The lowest BCUT2D eigenvalue weighted by Crippen LogP contribution is -2.22. The lowest BCUT2D eigenvalue weighted by Gasteiger charge is -2.17. The van der Waals surface area contributed by atoms with E-state index >= 15 is 0 Å². The third-order valence-electron chi connectivity index (χ3n) is 2.90. The number of rotatable bonds is 6. The Labute approximate surface area is 131 Å². The minimum Gasteiger partial charge on any atom is -0.309 e. The van der Waals surface area contributed by atoms with Gasteiger partial charge in [0.05, 0.1) is 6.04 Å². The van der Waals surface area contributed by atoms with E-state index in [1.54, 1.807) is 0 Å². The van der Waals surface area contributed by atoms with Gasteiger partial charge in [0.1, 0.15) is 0 Å². The van der Waals surface area contributed by atoms with E-state index in [4.69, 9.17) is 0 Å². The zero-order valence-corrected chi connectivity index (χ0v) is 14.4. The van der Waals surface area contributed by atoms with E-state index in [0.29, 0.717) is 6.04 Å². The molecule has 4 heteroatoms. The molecule has 1 heterocycles. The topological polar surface area (TPSA) is 12.0 Å². The Hall–Kier alpha value is -0.290. The van der Waals surface area contributed by atoms with E-state index in [1.165, 1.54) is 15.3 Å². The second-order valence-corrected chi connectivity index (χ2v) is 7.30. The summed E-state index contributed by atoms with van der Waals surface area (Å²) >= 11 is 7.23. The van der Waals surface area contributed by atoms with Crippen LogP contribution in [-0.4, -0.2) is 12.3 Å². The molecule has 0 radical (unpaired) electrons. The number of benzene rings is 1. The quantitative estimate of drug-likeness (QED) is 0.709. The number of thioether (sulfide) groups is 1. The van der Waals surface area contributed by atoms with E-state index < -0.39 is 0 Å². The van der Waals surface area contributed by atoms with Gasteiger partial charge in [-0.2, -0.15) is 0 Å². The van der Waals surface area contributed by atoms with Crippen LogP contribution in [0.25, 0.3) is 0 Å². The number of hydrogen-bond acceptors (Lipinski definition) is 3. The van der Waals surface area contributed by atoms with Crippen LogP contribution >= 0.6 is 39.0 Å². The van der Waals surface area contributed by atoms with Crippen molar-refractivity contribution in [3.8, 4) is 0 Å². The molecule has 0 fully saturated rings. The van der Waals surface area contributed by atoms with E-state index in [-0.39, 0.29) is 0 Å². The first-order valence-electron chi connectivity index (χ1n) is 6.36. The van der Waals surface area contributed by atoms with Crippen molar-refractivity contribution in [3.05, 3.63) is 50.6 Å². The maximum Gasteiger partial charge on any atom is 0.0512 e. The zero-order valence-electron chi connectivity index (χ0n) is 11.2. The Kier molecular flexibility index (Phi) is 5.95. The van der Waals surface area contributed by atoms with Crippen LogP contribution in [0.2, 0.25) is 0 Å². The molecule has 0 aliphatic rings. The Balaban J connectivity index is 2.01. The van der Waals surface area contributed by atoms with Gasteiger partial charge in [0.25, 0.3) is 0 Å². The average Bonchev–Trinajstić information content (AvgIpc) is 2.83. The van der Waals surface area contributed by atoms with Crippen LogP contribution in [0.15, 0.2) is 45.1 Å². The molecule has 2 aromatic rings. The predicted octanol–water partition coefficient (Wildman–Crippen LogP) is 5.26. The molecule has 1 nitrogen and oxygen atoms in total. The Morgan fingerprint density at radius 2 is 2.00 bits per heavy atom. The largest absolute Gasteiger partial charge is 0.309 e. The van der Waals surface area contributed by atoms with E-state index in [0.717, 1.165) is 16.8 Å². The first kappa shape index (κ1) is 15.1. The molecule has 0 saturated heterocycles. The molecule has 2 rings (SSSR count). The lowest BCUT2D eigenvalue weighted by molar-refractivity contribution is 0.612. The molecule has 1 N–H and O–H groups in total. The summed E-state index contributed by atoms with van der Waals surface area (Å²) in [6, 6.07) is 11.2. The van der Waals surface area contributed by atoms with Gasteiger partial charge in [-0.15, -0.1) is 23.1 Å². The molecule has 0 bridgehead atoms. The molecule has 1 aromatic carbocycles. The lowest BCUT2D eigenvalue weighted by atomic mass is 10.2. The van der Waals surface area contributed by atoms with Crippen molar-refractivity contribution in [2.75, 3.05) is 12.3 Å². The maximum atomic E-state index is 3.59. The van der Waals surface area contributed by atoms with Crippen LogP contribution in [0, 0.1) is 6.92 Å². The summed E-state index contributed by atoms with van der Waals surface area (Å²) in [5.41, 5.74) is 1.40. The van der Waals surface area contributed by atoms with Crippen LogP contribution in [-0.2, 0) is 0 Å². The maximum absolute atomic E-state index is 3.59. The SMILES string of the molecule is CCNC(CSc1ccc(Br)cc1)c1sccc1C. The fourth-order valence-electron chi connectivity index (χ4n) is 1.93. The van der Waals surface area contributed by atoms with Crippen molar-refractivity contribution < 1.29 is 0 Å². The van der Waals surface area contributed by atoms with Gasteiger partial charge in [0, 0.05) is 20.0 Å². The van der Waals surface area contributed by atoms with Gasteiger partial charge in [-0.25, -0.2) is 0 Å². The predicted molar refractivity (Wildman–Crippen MR) is 90.3 cm³/mol. The highest BCUT2D eigenvalue weighted by Crippen LogP contribution is 2.30. The standard InChI is InChI=1S/C15H18BrNS2/c1-3-17-14(15-11(2)8-9-18-15)10-19-13-6-4-12(16)5-7-13/h4-9,14,17H,3,10H2,1-2H3. The monoisotopic (exact) mass is 355 g/mol. The van der Waals surface area contributed by atoms with Crippen LogP contribution in [0.1, 0.15) is 23.4 Å². The molecular formula is C15H18BrNS2. The molecule has 0 aliphatic heterocycles. The van der Waals surface area contributed by atoms with Crippen molar-refractivity contribution in [1.82, 2.24) is 5.32 Å². The molecule has 0 spiro atoms. The van der Waals surface area contributed by atoms with Crippen molar-refractivity contribution >= 4 is 39.0 Å². The normalized spacial score (nSPS) is 12.6. The van der Waals surface area contributed by atoms with Gasteiger partial charge in [0.15, 0.2) is 0 Å². The van der Waals surface area contributed by atoms with Gasteiger partial charge < -0.3 is 5.32 Å². The van der Waals surface area contributed by atoms with E-state index in [9.17, 15) is 0 Å². The van der Waals surface area contributed by atoms with Gasteiger partial charge >= 0.3 is 0 Å². The summed E-state index contributed by atoms with van der Waals surface area (Å²) in [6.45, 7) is 5.36. The fraction of sp³-hybridized carbons (Fsp3) is 0.333. The first-order chi connectivity index (χ1) is 9.20. The van der Waals surface area contributed by atoms with Crippen molar-refractivity contribution in [3.63, 3.8) is 0 Å². The highest BCUT2D eigenvalue weighted by molar-refractivity contribution is 9.10. The minimum atomic E-state index is 0.443. The van der Waals surface area contributed by atoms with E-state index in [2.05, 4.69) is 70.8 Å². The summed E-state index contributed by atoms with van der Waals surface area (Å²) in [6.07, 6.45) is 0.